The van der Waals surface area contributed by atoms with Crippen LogP contribution in [0.2, 0.25) is 0 Å². The number of hydrogen-bond acceptors (Lipinski definition) is 6. The van der Waals surface area contributed by atoms with E-state index in [0.29, 0.717) is 11.1 Å². The molecule has 0 saturated carbocycles. The zero-order chi connectivity index (χ0) is 30.9. The molecule has 2 atom stereocenters. The van der Waals surface area contributed by atoms with Crippen LogP contribution < -0.4 is 15.8 Å². The van der Waals surface area contributed by atoms with Crippen molar-refractivity contribution in [2.24, 2.45) is 7.05 Å². The number of nitrogens with zero attached hydrogens (tertiary/aromatic N) is 3. The molecule has 0 radical (unpaired) electrons. The molecule has 7 nitrogen and oxygen atoms in total. The van der Waals surface area contributed by atoms with Gasteiger partial charge in [-0.15, -0.1) is 0 Å². The van der Waals surface area contributed by atoms with Crippen LogP contribution in [0.1, 0.15) is 73.4 Å². The maximum absolute atomic E-state index is 14.0. The highest BCUT2D eigenvalue weighted by molar-refractivity contribution is 7.90. The van der Waals surface area contributed by atoms with Crippen LogP contribution in [-0.4, -0.2) is 37.3 Å². The number of aryl methyl sites for hydroxylation is 2. The van der Waals surface area contributed by atoms with Crippen molar-refractivity contribution in [2.45, 2.75) is 69.7 Å². The third-order valence-electron chi connectivity index (χ3n) is 8.70. The molecule has 1 aliphatic heterocycles. The fourth-order valence-corrected chi connectivity index (χ4v) is 7.36. The Hall–Kier alpha value is -3.72. The maximum atomic E-state index is 14.0. The number of aromatic nitrogens is 2. The number of pyridine rings is 2. The molecule has 2 aromatic heterocycles. The van der Waals surface area contributed by atoms with E-state index in [2.05, 4.69) is 27.3 Å². The van der Waals surface area contributed by atoms with Gasteiger partial charge >= 0.3 is 0 Å². The van der Waals surface area contributed by atoms with Crippen molar-refractivity contribution < 1.29 is 12.8 Å². The third-order valence-corrected chi connectivity index (χ3v) is 9.86. The fourth-order valence-electron chi connectivity index (χ4n) is 6.51. The molecular formula is C34H41FN4O3S. The monoisotopic (exact) mass is 604 g/mol. The lowest BCUT2D eigenvalue weighted by Crippen LogP contribution is -2.32. The van der Waals surface area contributed by atoms with Gasteiger partial charge in [0.25, 0.3) is 5.56 Å². The zero-order valence-electron chi connectivity index (χ0n) is 25.7. The fraction of sp³-hybridized carbons (Fsp3) is 0.412. The number of anilines is 2. The predicted molar refractivity (Wildman–Crippen MR) is 172 cm³/mol. The normalized spacial score (nSPS) is 17.3. The SMILES string of the molecule is Cc1cc([C@@H](C)Nc2ccccc2S(C)(=O)=O)c2cc(N3CCCCC(c4cc(F)cnc4C)CCC3)n(C)c(=O)c2c1. The smallest absolute Gasteiger partial charge is 0.259 e. The Kier molecular flexibility index (Phi) is 8.92. The van der Waals surface area contributed by atoms with E-state index in [-0.39, 0.29) is 28.2 Å². The predicted octanol–water partition coefficient (Wildman–Crippen LogP) is 6.82. The largest absolute Gasteiger partial charge is 0.377 e. The molecule has 1 fully saturated rings. The molecule has 0 bridgehead atoms. The standard InChI is InChI=1S/C34H41FN4O3S/c1-22-17-28(24(3)37-31-13-6-7-14-32(31)43(5,41)42)29-20-33(38(4)34(40)30(29)18-22)39-15-9-8-11-25(12-10-16-39)27-19-26(35)21-36-23(27)2/h6-7,13-14,17-21,24-25,37H,8-12,15-16H2,1-5H3/t24-,25?/m1/s1. The molecule has 4 aromatic rings. The molecule has 228 valence electrons. The Bertz CT molecular complexity index is 1820. The second-order valence-corrected chi connectivity index (χ2v) is 14.0. The molecule has 1 N–H and O–H groups in total. The van der Waals surface area contributed by atoms with Crippen LogP contribution in [0.5, 0.6) is 0 Å². The highest BCUT2D eigenvalue weighted by atomic mass is 32.2. The molecule has 3 heterocycles. The molecule has 1 unspecified atom stereocenters. The van der Waals surface area contributed by atoms with Crippen molar-refractivity contribution in [1.29, 1.82) is 0 Å². The van der Waals surface area contributed by atoms with Crippen LogP contribution >= 0.6 is 0 Å². The van der Waals surface area contributed by atoms with E-state index in [1.54, 1.807) is 28.8 Å². The van der Waals surface area contributed by atoms with Gasteiger partial charge in [0.1, 0.15) is 11.6 Å². The average molecular weight is 605 g/mol. The third kappa shape index (κ3) is 6.61. The molecule has 1 aliphatic rings. The summed E-state index contributed by atoms with van der Waals surface area (Å²) in [5.74, 6) is 0.844. The molecular weight excluding hydrogens is 563 g/mol. The van der Waals surface area contributed by atoms with Crippen LogP contribution in [0, 0.1) is 19.7 Å². The molecule has 0 amide bonds. The molecule has 43 heavy (non-hydrogen) atoms. The van der Waals surface area contributed by atoms with Gasteiger partial charge in [0.15, 0.2) is 9.84 Å². The number of nitrogens with one attached hydrogen (secondary N) is 1. The minimum atomic E-state index is -3.43. The average Bonchev–Trinajstić information content (AvgIpc) is 3.08. The minimum absolute atomic E-state index is 0.0552. The Balaban J connectivity index is 1.48. The van der Waals surface area contributed by atoms with Crippen molar-refractivity contribution in [1.82, 2.24) is 9.55 Å². The minimum Gasteiger partial charge on any atom is -0.377 e. The van der Waals surface area contributed by atoms with E-state index < -0.39 is 9.84 Å². The van der Waals surface area contributed by atoms with E-state index >= 15 is 0 Å². The number of sulfone groups is 1. The summed E-state index contributed by atoms with van der Waals surface area (Å²) in [6.45, 7) is 7.53. The molecule has 5 rings (SSSR count). The molecule has 0 aliphatic carbocycles. The summed E-state index contributed by atoms with van der Waals surface area (Å²) in [5.41, 5.74) is 4.29. The summed E-state index contributed by atoms with van der Waals surface area (Å²) in [5, 5.41) is 4.91. The number of rotatable bonds is 6. The van der Waals surface area contributed by atoms with Gasteiger partial charge in [0.2, 0.25) is 0 Å². The van der Waals surface area contributed by atoms with Crippen molar-refractivity contribution >= 4 is 32.1 Å². The van der Waals surface area contributed by atoms with Crippen LogP contribution in [0.4, 0.5) is 15.9 Å². The first kappa shape index (κ1) is 30.7. The Morgan fingerprint density at radius 1 is 1.00 bits per heavy atom. The topological polar surface area (TPSA) is 84.3 Å². The summed E-state index contributed by atoms with van der Waals surface area (Å²) in [7, 11) is -1.59. The zero-order valence-corrected chi connectivity index (χ0v) is 26.5. The lowest BCUT2D eigenvalue weighted by Gasteiger charge is -2.28. The summed E-state index contributed by atoms with van der Waals surface area (Å²) in [6, 6.07) is 14.4. The highest BCUT2D eigenvalue weighted by Gasteiger charge is 2.22. The van der Waals surface area contributed by atoms with Gasteiger partial charge in [-0.05, 0) is 105 Å². The van der Waals surface area contributed by atoms with Crippen molar-refractivity contribution in [3.8, 4) is 0 Å². The van der Waals surface area contributed by atoms with Crippen molar-refractivity contribution in [2.75, 3.05) is 29.6 Å². The van der Waals surface area contributed by atoms with E-state index in [9.17, 15) is 17.6 Å². The van der Waals surface area contributed by atoms with Crippen LogP contribution in [0.15, 0.2) is 64.4 Å². The summed E-state index contributed by atoms with van der Waals surface area (Å²) in [6.07, 6.45) is 7.28. The summed E-state index contributed by atoms with van der Waals surface area (Å²) < 4.78 is 40.7. The number of hydrogen-bond donors (Lipinski definition) is 1. The van der Waals surface area contributed by atoms with Gasteiger partial charge in [-0.25, -0.2) is 12.8 Å². The Labute approximate surface area is 253 Å². The first-order valence-corrected chi connectivity index (χ1v) is 16.9. The van der Waals surface area contributed by atoms with E-state index in [1.165, 1.54) is 12.5 Å². The summed E-state index contributed by atoms with van der Waals surface area (Å²) in [4.78, 5) is 20.6. The molecule has 2 aromatic carbocycles. The molecule has 9 heteroatoms. The van der Waals surface area contributed by atoms with Crippen LogP contribution in [0.3, 0.4) is 0 Å². The number of benzene rings is 2. The Morgan fingerprint density at radius 3 is 2.49 bits per heavy atom. The van der Waals surface area contributed by atoms with Crippen molar-refractivity contribution in [3.05, 3.63) is 93.3 Å². The van der Waals surface area contributed by atoms with E-state index in [4.69, 9.17) is 0 Å². The van der Waals surface area contributed by atoms with E-state index in [0.717, 1.165) is 78.8 Å². The lowest BCUT2D eigenvalue weighted by molar-refractivity contribution is 0.536. The Morgan fingerprint density at radius 2 is 1.72 bits per heavy atom. The second kappa shape index (κ2) is 12.5. The first-order valence-electron chi connectivity index (χ1n) is 15.0. The molecule has 0 spiro atoms. The van der Waals surface area contributed by atoms with Gasteiger partial charge < -0.3 is 10.2 Å². The van der Waals surface area contributed by atoms with Gasteiger partial charge in [0.05, 0.1) is 16.8 Å². The maximum Gasteiger partial charge on any atom is 0.259 e. The number of para-hydroxylation sites is 1. The van der Waals surface area contributed by atoms with Gasteiger partial charge in [-0.2, -0.15) is 0 Å². The van der Waals surface area contributed by atoms with E-state index in [1.807, 2.05) is 40.0 Å². The molecule has 1 saturated heterocycles. The lowest BCUT2D eigenvalue weighted by atomic mass is 9.89. The van der Waals surface area contributed by atoms with Gasteiger partial charge in [-0.3, -0.25) is 14.3 Å². The first-order chi connectivity index (χ1) is 20.4. The number of halogens is 1. The van der Waals surface area contributed by atoms with Crippen LogP contribution in [0.25, 0.3) is 10.8 Å². The van der Waals surface area contributed by atoms with Gasteiger partial charge in [0, 0.05) is 43.5 Å². The van der Waals surface area contributed by atoms with Gasteiger partial charge in [-0.1, -0.05) is 24.6 Å². The number of fused-ring (bicyclic) bond motifs is 1. The second-order valence-electron chi connectivity index (χ2n) is 12.0. The summed E-state index contributed by atoms with van der Waals surface area (Å²) >= 11 is 0. The highest BCUT2D eigenvalue weighted by Crippen LogP contribution is 2.34. The van der Waals surface area contributed by atoms with Crippen molar-refractivity contribution in [3.63, 3.8) is 0 Å². The van der Waals surface area contributed by atoms with Crippen LogP contribution in [-0.2, 0) is 16.9 Å². The quantitative estimate of drug-likeness (QED) is 0.260.